The highest BCUT2D eigenvalue weighted by Gasteiger charge is 2.11. The average Bonchev–Trinajstić information content (AvgIpc) is 2.69. The van der Waals surface area contributed by atoms with Crippen molar-refractivity contribution in [3.63, 3.8) is 0 Å². The molecule has 2 rings (SSSR count). The topological polar surface area (TPSA) is 52.6 Å². The van der Waals surface area contributed by atoms with Crippen molar-refractivity contribution in [1.82, 2.24) is 0 Å². The number of esters is 2. The van der Waals surface area contributed by atoms with Gasteiger partial charge in [0.15, 0.2) is 0 Å². The largest absolute Gasteiger partial charge is 0.466 e. The monoisotopic (exact) mass is 382 g/mol. The summed E-state index contributed by atoms with van der Waals surface area (Å²) in [4.78, 5) is 23.7. The summed E-state index contributed by atoms with van der Waals surface area (Å²) in [7, 11) is 0. The quantitative estimate of drug-likeness (QED) is 0.490. The molecule has 0 aliphatic rings. The van der Waals surface area contributed by atoms with Gasteiger partial charge in [-0.15, -0.1) is 0 Å². The van der Waals surface area contributed by atoms with Crippen LogP contribution in [0, 0.1) is 0 Å². The zero-order valence-electron chi connectivity index (χ0n) is 16.6. The van der Waals surface area contributed by atoms with Gasteiger partial charge in [0.1, 0.15) is 6.10 Å². The summed E-state index contributed by atoms with van der Waals surface area (Å²) in [6.07, 6.45) is 4.36. The summed E-state index contributed by atoms with van der Waals surface area (Å²) in [5.74, 6) is -0.394. The minimum Gasteiger partial charge on any atom is -0.466 e. The third-order valence-corrected chi connectivity index (χ3v) is 4.50. The van der Waals surface area contributed by atoms with Crippen LogP contribution in [0.15, 0.2) is 60.7 Å². The smallest absolute Gasteiger partial charge is 0.306 e. The second kappa shape index (κ2) is 12.7. The first-order valence-electron chi connectivity index (χ1n) is 10.1. The van der Waals surface area contributed by atoms with Gasteiger partial charge in [-0.25, -0.2) is 0 Å². The molecule has 0 aromatic heterocycles. The molecule has 0 aliphatic heterocycles. The maximum Gasteiger partial charge on any atom is 0.306 e. The Hall–Kier alpha value is -2.62. The van der Waals surface area contributed by atoms with Crippen LogP contribution in [0.2, 0.25) is 0 Å². The van der Waals surface area contributed by atoms with E-state index in [-0.39, 0.29) is 24.6 Å². The average molecular weight is 383 g/mol. The van der Waals surface area contributed by atoms with Crippen molar-refractivity contribution >= 4 is 11.9 Å². The summed E-state index contributed by atoms with van der Waals surface area (Å²) >= 11 is 0. The number of carbonyl (C=O) groups excluding carboxylic acids is 2. The predicted molar refractivity (Wildman–Crippen MR) is 110 cm³/mol. The molecule has 0 spiro atoms. The summed E-state index contributed by atoms with van der Waals surface area (Å²) in [6, 6.07) is 20.2. The molecule has 0 radical (unpaired) electrons. The van der Waals surface area contributed by atoms with Crippen LogP contribution in [0.1, 0.15) is 50.2 Å². The number of rotatable bonds is 12. The van der Waals surface area contributed by atoms with Crippen LogP contribution in [0.4, 0.5) is 0 Å². The molecule has 1 unspecified atom stereocenters. The molecule has 4 heteroatoms. The first-order valence-corrected chi connectivity index (χ1v) is 10.1. The van der Waals surface area contributed by atoms with Gasteiger partial charge >= 0.3 is 11.9 Å². The fourth-order valence-electron chi connectivity index (χ4n) is 2.92. The van der Waals surface area contributed by atoms with Gasteiger partial charge in [-0.2, -0.15) is 0 Å². The van der Waals surface area contributed by atoms with Gasteiger partial charge in [-0.3, -0.25) is 9.59 Å². The van der Waals surface area contributed by atoms with Gasteiger partial charge in [0, 0.05) is 19.3 Å². The molecule has 28 heavy (non-hydrogen) atoms. The van der Waals surface area contributed by atoms with Crippen LogP contribution in [-0.4, -0.2) is 24.6 Å². The van der Waals surface area contributed by atoms with Gasteiger partial charge < -0.3 is 9.47 Å². The van der Waals surface area contributed by atoms with Crippen LogP contribution in [0.3, 0.4) is 0 Å². The molecular weight excluding hydrogens is 352 g/mol. The fourth-order valence-corrected chi connectivity index (χ4v) is 2.92. The van der Waals surface area contributed by atoms with E-state index in [1.54, 1.807) is 0 Å². The van der Waals surface area contributed by atoms with E-state index in [2.05, 4.69) is 24.3 Å². The van der Waals surface area contributed by atoms with E-state index in [4.69, 9.17) is 9.47 Å². The van der Waals surface area contributed by atoms with E-state index in [0.717, 1.165) is 25.7 Å². The molecule has 0 N–H and O–H groups in total. The molecule has 1 atom stereocenters. The Labute approximate surface area is 167 Å². The van der Waals surface area contributed by atoms with Crippen molar-refractivity contribution in [3.05, 3.63) is 71.8 Å². The van der Waals surface area contributed by atoms with E-state index in [1.807, 2.05) is 43.3 Å². The van der Waals surface area contributed by atoms with Gasteiger partial charge in [0.2, 0.25) is 0 Å². The van der Waals surface area contributed by atoms with Crippen LogP contribution in [0.25, 0.3) is 0 Å². The zero-order chi connectivity index (χ0) is 20.0. The molecule has 4 nitrogen and oxygen atoms in total. The third kappa shape index (κ3) is 9.36. The molecule has 150 valence electrons. The minimum absolute atomic E-state index is 0.197. The maximum atomic E-state index is 11.9. The van der Waals surface area contributed by atoms with E-state index in [1.165, 1.54) is 11.1 Å². The van der Waals surface area contributed by atoms with Crippen LogP contribution in [0.5, 0.6) is 0 Å². The molecule has 0 amide bonds. The molecule has 0 bridgehead atoms. The lowest BCUT2D eigenvalue weighted by atomic mass is 10.1. The SMILES string of the molecule is CC(CCOC(=O)CCCc1ccccc1)OC(=O)CCCc1ccccc1. The molecule has 0 fully saturated rings. The summed E-state index contributed by atoms with van der Waals surface area (Å²) in [5, 5.41) is 0. The zero-order valence-corrected chi connectivity index (χ0v) is 16.6. The maximum absolute atomic E-state index is 11.9. The van der Waals surface area contributed by atoms with Crippen molar-refractivity contribution in [1.29, 1.82) is 0 Å². The summed E-state index contributed by atoms with van der Waals surface area (Å²) < 4.78 is 10.6. The normalized spacial score (nSPS) is 11.6. The van der Waals surface area contributed by atoms with E-state index in [0.29, 0.717) is 19.3 Å². The molecule has 0 heterocycles. The fraction of sp³-hybridized carbons (Fsp3) is 0.417. The Bertz CT molecular complexity index is 697. The Morgan fingerprint density at radius 2 is 1.29 bits per heavy atom. The second-order valence-corrected chi connectivity index (χ2v) is 6.99. The van der Waals surface area contributed by atoms with Crippen molar-refractivity contribution in [3.8, 4) is 0 Å². The Balaban J connectivity index is 1.49. The lowest BCUT2D eigenvalue weighted by Crippen LogP contribution is -2.18. The predicted octanol–water partition coefficient (Wildman–Crippen LogP) is 4.90. The molecule has 2 aromatic carbocycles. The Morgan fingerprint density at radius 1 is 0.786 bits per heavy atom. The number of hydrogen-bond acceptors (Lipinski definition) is 4. The Morgan fingerprint density at radius 3 is 1.82 bits per heavy atom. The molecule has 0 aliphatic carbocycles. The number of ether oxygens (including phenoxy) is 2. The third-order valence-electron chi connectivity index (χ3n) is 4.50. The lowest BCUT2D eigenvalue weighted by molar-refractivity contribution is -0.150. The summed E-state index contributed by atoms with van der Waals surface area (Å²) in [6.45, 7) is 2.11. The first kappa shape index (κ1) is 21.7. The van der Waals surface area contributed by atoms with E-state index in [9.17, 15) is 9.59 Å². The molecular formula is C24H30O4. The van der Waals surface area contributed by atoms with Crippen molar-refractivity contribution < 1.29 is 19.1 Å². The van der Waals surface area contributed by atoms with Crippen molar-refractivity contribution in [2.24, 2.45) is 0 Å². The molecule has 0 saturated carbocycles. The number of aryl methyl sites for hydroxylation is 2. The number of benzene rings is 2. The van der Waals surface area contributed by atoms with Crippen molar-refractivity contribution in [2.45, 2.75) is 58.0 Å². The second-order valence-electron chi connectivity index (χ2n) is 6.99. The highest BCUT2D eigenvalue weighted by molar-refractivity contribution is 5.70. The van der Waals surface area contributed by atoms with Gasteiger partial charge in [-0.1, -0.05) is 60.7 Å². The molecule has 0 saturated heterocycles. The van der Waals surface area contributed by atoms with Crippen LogP contribution < -0.4 is 0 Å². The highest BCUT2D eigenvalue weighted by Crippen LogP contribution is 2.08. The van der Waals surface area contributed by atoms with Crippen LogP contribution in [-0.2, 0) is 31.9 Å². The number of hydrogen-bond donors (Lipinski definition) is 0. The minimum atomic E-state index is -0.249. The summed E-state index contributed by atoms with van der Waals surface area (Å²) in [5.41, 5.74) is 2.45. The van der Waals surface area contributed by atoms with Gasteiger partial charge in [-0.05, 0) is 43.7 Å². The Kier molecular flexibility index (Phi) is 9.84. The van der Waals surface area contributed by atoms with E-state index >= 15 is 0 Å². The van der Waals surface area contributed by atoms with Crippen LogP contribution >= 0.6 is 0 Å². The highest BCUT2D eigenvalue weighted by atomic mass is 16.6. The first-order chi connectivity index (χ1) is 13.6. The van der Waals surface area contributed by atoms with Gasteiger partial charge in [0.05, 0.1) is 6.61 Å². The van der Waals surface area contributed by atoms with Crippen molar-refractivity contribution in [2.75, 3.05) is 6.61 Å². The molecule has 2 aromatic rings. The lowest BCUT2D eigenvalue weighted by Gasteiger charge is -2.13. The standard InChI is InChI=1S/C24H30O4/c1-20(28-24(26)17-9-15-22-12-6-3-7-13-22)18-19-27-23(25)16-8-14-21-10-4-2-5-11-21/h2-7,10-13,20H,8-9,14-19H2,1H3. The number of carbonyl (C=O) groups is 2. The van der Waals surface area contributed by atoms with E-state index < -0.39 is 0 Å². The van der Waals surface area contributed by atoms with Gasteiger partial charge in [0.25, 0.3) is 0 Å².